The smallest absolute Gasteiger partial charge is 0.256 e. The minimum atomic E-state index is -4.00. The molecule has 9 heteroatoms. The Morgan fingerprint density at radius 3 is 2.62 bits per heavy atom. The van der Waals surface area contributed by atoms with E-state index in [4.69, 9.17) is 4.52 Å². The molecule has 1 fully saturated rings. The van der Waals surface area contributed by atoms with E-state index >= 15 is 0 Å². The second kappa shape index (κ2) is 7.16. The van der Waals surface area contributed by atoms with Crippen LogP contribution in [0.4, 0.5) is 10.2 Å². The van der Waals surface area contributed by atoms with E-state index in [0.717, 1.165) is 25.0 Å². The minimum Gasteiger partial charge on any atom is -0.360 e. The Labute approximate surface area is 151 Å². The van der Waals surface area contributed by atoms with Crippen molar-refractivity contribution in [3.8, 4) is 0 Å². The third-order valence-electron chi connectivity index (χ3n) is 4.42. The standard InChI is InChI=1S/C17H20FN3O4S/c1-11-5-7-21(8-6-11)26(23,24)15-10-13(3-4-14(15)18)17(22)19-16-9-12(2)25-20-16/h3-4,9-11H,5-8H2,1-2H3,(H,19,20,22). The Balaban J connectivity index is 1.86. The summed E-state index contributed by atoms with van der Waals surface area (Å²) in [5.41, 5.74) is 0.0241. The lowest BCUT2D eigenvalue weighted by Crippen LogP contribution is -2.38. The summed E-state index contributed by atoms with van der Waals surface area (Å²) in [7, 11) is -4.00. The normalized spacial score (nSPS) is 16.6. The van der Waals surface area contributed by atoms with Gasteiger partial charge in [-0.05, 0) is 43.9 Å². The molecule has 0 atom stereocenters. The lowest BCUT2D eigenvalue weighted by molar-refractivity contribution is 0.102. The number of aryl methyl sites for hydroxylation is 1. The fourth-order valence-electron chi connectivity index (χ4n) is 2.82. The van der Waals surface area contributed by atoms with Crippen LogP contribution in [-0.2, 0) is 10.0 Å². The molecule has 26 heavy (non-hydrogen) atoms. The molecule has 3 rings (SSSR count). The highest BCUT2D eigenvalue weighted by atomic mass is 32.2. The second-order valence-corrected chi connectivity index (χ2v) is 8.42. The number of anilines is 1. The number of amides is 1. The zero-order valence-corrected chi connectivity index (χ0v) is 15.3. The molecule has 0 unspecified atom stereocenters. The van der Waals surface area contributed by atoms with Crippen LogP contribution in [-0.4, -0.2) is 36.9 Å². The summed E-state index contributed by atoms with van der Waals surface area (Å²) in [5, 5.41) is 6.13. The summed E-state index contributed by atoms with van der Waals surface area (Å²) in [6.45, 7) is 4.42. The van der Waals surface area contributed by atoms with Crippen LogP contribution in [0.1, 0.15) is 35.9 Å². The maximum absolute atomic E-state index is 14.2. The van der Waals surface area contributed by atoms with Crippen LogP contribution in [0.3, 0.4) is 0 Å². The summed E-state index contributed by atoms with van der Waals surface area (Å²) < 4.78 is 45.9. The van der Waals surface area contributed by atoms with Gasteiger partial charge in [0.05, 0.1) is 0 Å². The number of carbonyl (C=O) groups excluding carboxylic acids is 1. The molecule has 1 N–H and O–H groups in total. The molecule has 2 aromatic rings. The number of sulfonamides is 1. The average molecular weight is 381 g/mol. The fraction of sp³-hybridized carbons (Fsp3) is 0.412. The Morgan fingerprint density at radius 2 is 2.00 bits per heavy atom. The van der Waals surface area contributed by atoms with E-state index in [1.54, 1.807) is 6.92 Å². The van der Waals surface area contributed by atoms with E-state index in [0.29, 0.717) is 24.8 Å². The SMILES string of the molecule is Cc1cc(NC(=O)c2ccc(F)c(S(=O)(=O)N3CCC(C)CC3)c2)no1. The van der Waals surface area contributed by atoms with Gasteiger partial charge in [-0.2, -0.15) is 4.31 Å². The van der Waals surface area contributed by atoms with E-state index < -0.39 is 26.6 Å². The van der Waals surface area contributed by atoms with E-state index in [9.17, 15) is 17.6 Å². The van der Waals surface area contributed by atoms with Gasteiger partial charge in [-0.1, -0.05) is 12.1 Å². The van der Waals surface area contributed by atoms with Crippen LogP contribution >= 0.6 is 0 Å². The number of aromatic nitrogens is 1. The first-order chi connectivity index (χ1) is 12.3. The van der Waals surface area contributed by atoms with Crippen LogP contribution in [0.15, 0.2) is 33.7 Å². The average Bonchev–Trinajstić information content (AvgIpc) is 3.00. The number of nitrogens with zero attached hydrogens (tertiary/aromatic N) is 2. The Morgan fingerprint density at radius 1 is 1.31 bits per heavy atom. The zero-order valence-electron chi connectivity index (χ0n) is 14.5. The molecule has 0 bridgehead atoms. The lowest BCUT2D eigenvalue weighted by atomic mass is 10.0. The van der Waals surface area contributed by atoms with Gasteiger partial charge in [-0.3, -0.25) is 4.79 Å². The van der Waals surface area contributed by atoms with Crippen LogP contribution in [0, 0.1) is 18.7 Å². The molecule has 1 aromatic carbocycles. The van der Waals surface area contributed by atoms with Gasteiger partial charge < -0.3 is 9.84 Å². The monoisotopic (exact) mass is 381 g/mol. The van der Waals surface area contributed by atoms with Gasteiger partial charge >= 0.3 is 0 Å². The zero-order chi connectivity index (χ0) is 18.9. The van der Waals surface area contributed by atoms with Gasteiger partial charge in [0.15, 0.2) is 5.82 Å². The molecule has 2 heterocycles. The summed E-state index contributed by atoms with van der Waals surface area (Å²) in [4.78, 5) is 11.8. The molecule has 0 saturated carbocycles. The molecule has 1 aliphatic rings. The van der Waals surface area contributed by atoms with Crippen molar-refractivity contribution in [3.05, 3.63) is 41.4 Å². The van der Waals surface area contributed by atoms with Gasteiger partial charge in [0.25, 0.3) is 5.91 Å². The molecule has 0 spiro atoms. The molecule has 1 aromatic heterocycles. The molecule has 7 nitrogen and oxygen atoms in total. The van der Waals surface area contributed by atoms with Crippen molar-refractivity contribution in [1.82, 2.24) is 9.46 Å². The number of hydrogen-bond donors (Lipinski definition) is 1. The van der Waals surface area contributed by atoms with Crippen molar-refractivity contribution in [3.63, 3.8) is 0 Å². The van der Waals surface area contributed by atoms with E-state index in [1.165, 1.54) is 16.4 Å². The molecule has 1 amide bonds. The third-order valence-corrected chi connectivity index (χ3v) is 6.34. The van der Waals surface area contributed by atoms with Crippen LogP contribution < -0.4 is 5.32 Å². The predicted molar refractivity (Wildman–Crippen MR) is 92.8 cm³/mol. The third kappa shape index (κ3) is 3.78. The number of benzene rings is 1. The first kappa shape index (κ1) is 18.5. The molecule has 140 valence electrons. The number of hydrogen-bond acceptors (Lipinski definition) is 5. The minimum absolute atomic E-state index is 0.0241. The highest BCUT2D eigenvalue weighted by molar-refractivity contribution is 7.89. The number of nitrogens with one attached hydrogen (secondary N) is 1. The highest BCUT2D eigenvalue weighted by Crippen LogP contribution is 2.26. The first-order valence-electron chi connectivity index (χ1n) is 8.32. The Kier molecular flexibility index (Phi) is 5.10. The Bertz CT molecular complexity index is 918. The molecular weight excluding hydrogens is 361 g/mol. The van der Waals surface area contributed by atoms with Crippen LogP contribution in [0.25, 0.3) is 0 Å². The number of rotatable bonds is 4. The lowest BCUT2D eigenvalue weighted by Gasteiger charge is -2.29. The van der Waals surface area contributed by atoms with Gasteiger partial charge in [0.2, 0.25) is 10.0 Å². The maximum Gasteiger partial charge on any atom is 0.256 e. The molecule has 1 saturated heterocycles. The van der Waals surface area contributed by atoms with E-state index in [1.807, 2.05) is 0 Å². The largest absolute Gasteiger partial charge is 0.360 e. The van der Waals surface area contributed by atoms with Crippen LogP contribution in [0.2, 0.25) is 0 Å². The molecule has 1 aliphatic heterocycles. The van der Waals surface area contributed by atoms with E-state index in [-0.39, 0.29) is 11.4 Å². The molecular formula is C17H20FN3O4S. The molecule has 0 aliphatic carbocycles. The van der Waals surface area contributed by atoms with Crippen molar-refractivity contribution in [2.75, 3.05) is 18.4 Å². The van der Waals surface area contributed by atoms with E-state index in [2.05, 4.69) is 17.4 Å². The highest BCUT2D eigenvalue weighted by Gasteiger charge is 2.31. The summed E-state index contributed by atoms with van der Waals surface area (Å²) in [6, 6.07) is 4.80. The predicted octanol–water partition coefficient (Wildman–Crippen LogP) is 2.80. The van der Waals surface area contributed by atoms with Crippen molar-refractivity contribution >= 4 is 21.7 Å². The maximum atomic E-state index is 14.2. The van der Waals surface area contributed by atoms with Gasteiger partial charge in [-0.25, -0.2) is 12.8 Å². The summed E-state index contributed by atoms with van der Waals surface area (Å²) in [6.07, 6.45) is 1.46. The van der Waals surface area contributed by atoms with Crippen molar-refractivity contribution in [2.45, 2.75) is 31.6 Å². The van der Waals surface area contributed by atoms with Gasteiger partial charge in [0, 0.05) is 24.7 Å². The summed E-state index contributed by atoms with van der Waals surface area (Å²) >= 11 is 0. The van der Waals surface area contributed by atoms with Crippen molar-refractivity contribution in [1.29, 1.82) is 0 Å². The Hall–Kier alpha value is -2.26. The fourth-order valence-corrected chi connectivity index (χ4v) is 4.38. The second-order valence-electron chi connectivity index (χ2n) is 6.51. The van der Waals surface area contributed by atoms with Crippen LogP contribution in [0.5, 0.6) is 0 Å². The topological polar surface area (TPSA) is 92.5 Å². The quantitative estimate of drug-likeness (QED) is 0.879. The number of carbonyl (C=O) groups is 1. The first-order valence-corrected chi connectivity index (χ1v) is 9.76. The number of halogens is 1. The van der Waals surface area contributed by atoms with Gasteiger partial charge in [0.1, 0.15) is 16.5 Å². The van der Waals surface area contributed by atoms with Crippen molar-refractivity contribution < 1.29 is 22.1 Å². The molecule has 0 radical (unpaired) electrons. The summed E-state index contributed by atoms with van der Waals surface area (Å²) in [5.74, 6) is -0.318. The number of piperidine rings is 1. The van der Waals surface area contributed by atoms with Gasteiger partial charge in [-0.15, -0.1) is 0 Å². The van der Waals surface area contributed by atoms with Crippen molar-refractivity contribution in [2.24, 2.45) is 5.92 Å².